The van der Waals surface area contributed by atoms with Crippen LogP contribution in [-0.4, -0.2) is 24.2 Å². The zero-order valence-corrected chi connectivity index (χ0v) is 16.1. The smallest absolute Gasteiger partial charge is 0.399 e. The van der Waals surface area contributed by atoms with Gasteiger partial charge in [0.2, 0.25) is 5.91 Å². The molecule has 4 nitrogen and oxygen atoms in total. The molecule has 0 bridgehead atoms. The molecule has 0 unspecified atom stereocenters. The predicted molar refractivity (Wildman–Crippen MR) is 99.2 cm³/mol. The average molecular weight is 321 g/mol. The van der Waals surface area contributed by atoms with E-state index in [0.29, 0.717) is 0 Å². The van der Waals surface area contributed by atoms with Crippen molar-refractivity contribution in [3.8, 4) is 0 Å². The van der Waals surface area contributed by atoms with Crippen molar-refractivity contribution in [3.05, 3.63) is 24.3 Å². The summed E-state index contributed by atoms with van der Waals surface area (Å²) in [4.78, 5) is 11.1. The molecule has 1 saturated heterocycles. The van der Waals surface area contributed by atoms with Gasteiger partial charge in [-0.05, 0) is 45.3 Å². The van der Waals surface area contributed by atoms with Crippen molar-refractivity contribution in [1.82, 2.24) is 0 Å². The third-order valence-electron chi connectivity index (χ3n) is 3.73. The summed E-state index contributed by atoms with van der Waals surface area (Å²) in [5, 5.41) is 2.76. The second-order valence-corrected chi connectivity index (χ2v) is 5.89. The number of amides is 1. The molecule has 1 fully saturated rings. The van der Waals surface area contributed by atoms with Gasteiger partial charge in [-0.3, -0.25) is 4.79 Å². The molecule has 1 aromatic carbocycles. The summed E-state index contributed by atoms with van der Waals surface area (Å²) in [7, 11) is -0.404. The van der Waals surface area contributed by atoms with E-state index in [0.717, 1.165) is 11.2 Å². The summed E-state index contributed by atoms with van der Waals surface area (Å²) in [5.74, 6) is -0.0916. The molecule has 0 aliphatic carbocycles. The Labute approximate surface area is 142 Å². The Morgan fingerprint density at radius 2 is 1.48 bits per heavy atom. The van der Waals surface area contributed by atoms with E-state index in [-0.39, 0.29) is 17.1 Å². The maximum absolute atomic E-state index is 11.1. The van der Waals surface area contributed by atoms with Crippen LogP contribution in [0.5, 0.6) is 0 Å². The normalized spacial score (nSPS) is 17.3. The summed E-state index contributed by atoms with van der Waals surface area (Å²) < 4.78 is 12.0. The van der Waals surface area contributed by atoms with E-state index in [1.165, 1.54) is 6.92 Å². The second kappa shape index (κ2) is 9.09. The number of benzene rings is 1. The van der Waals surface area contributed by atoms with Crippen LogP contribution in [0, 0.1) is 0 Å². The molecule has 0 atom stereocenters. The fraction of sp³-hybridized carbons (Fsp3) is 0.611. The lowest BCUT2D eigenvalue weighted by atomic mass is 9.79. The van der Waals surface area contributed by atoms with Crippen LogP contribution in [0.3, 0.4) is 0 Å². The van der Waals surface area contributed by atoms with E-state index in [9.17, 15) is 4.79 Å². The van der Waals surface area contributed by atoms with Crippen LogP contribution in [0.25, 0.3) is 0 Å². The van der Waals surface area contributed by atoms with Crippen molar-refractivity contribution in [1.29, 1.82) is 0 Å². The van der Waals surface area contributed by atoms with Crippen LogP contribution in [0.1, 0.15) is 62.3 Å². The number of hydrogen-bond donors (Lipinski definition) is 1. The van der Waals surface area contributed by atoms with Crippen molar-refractivity contribution in [2.24, 2.45) is 0 Å². The molecule has 0 aromatic heterocycles. The Bertz CT molecular complexity index is 485. The zero-order chi connectivity index (χ0) is 18.3. The second-order valence-electron chi connectivity index (χ2n) is 5.89. The van der Waals surface area contributed by atoms with Crippen molar-refractivity contribution < 1.29 is 14.1 Å². The summed E-state index contributed by atoms with van der Waals surface area (Å²) in [6.45, 7) is 17.6. The highest BCUT2D eigenvalue weighted by Crippen LogP contribution is 2.36. The highest BCUT2D eigenvalue weighted by atomic mass is 16.7. The molecule has 0 radical (unpaired) electrons. The van der Waals surface area contributed by atoms with Crippen molar-refractivity contribution in [2.45, 2.75) is 73.5 Å². The predicted octanol–water partition coefficient (Wildman–Crippen LogP) is 4.00. The maximum Gasteiger partial charge on any atom is 0.494 e. The minimum absolute atomic E-state index is 0.0916. The van der Waals surface area contributed by atoms with Crippen LogP contribution >= 0.6 is 0 Å². The van der Waals surface area contributed by atoms with Gasteiger partial charge in [-0.15, -0.1) is 0 Å². The summed E-state index contributed by atoms with van der Waals surface area (Å²) >= 11 is 0. The van der Waals surface area contributed by atoms with Crippen LogP contribution < -0.4 is 10.8 Å². The minimum atomic E-state index is -0.404. The SMILES string of the molecule is CC.CC.CC(=O)Nc1cccc(B2OC(C)(C)C(C)(C)O2)c1. The topological polar surface area (TPSA) is 47.6 Å². The molecule has 23 heavy (non-hydrogen) atoms. The standard InChI is InChI=1S/C14H20BNO3.2C2H6/c1-10(17)16-12-8-6-7-11(9-12)15-18-13(2,3)14(4,5)19-15;2*1-2/h6-9H,1-5H3,(H,16,17);2*1-2H3. The van der Waals surface area contributed by atoms with Crippen molar-refractivity contribution in [3.63, 3.8) is 0 Å². The third kappa shape index (κ3) is 5.67. The first-order chi connectivity index (χ1) is 10.7. The molecule has 130 valence electrons. The zero-order valence-electron chi connectivity index (χ0n) is 16.1. The first-order valence-corrected chi connectivity index (χ1v) is 8.44. The fourth-order valence-electron chi connectivity index (χ4n) is 1.95. The molecule has 0 saturated carbocycles. The van der Waals surface area contributed by atoms with Crippen LogP contribution in [0.2, 0.25) is 0 Å². The van der Waals surface area contributed by atoms with Gasteiger partial charge in [0, 0.05) is 12.6 Å². The Morgan fingerprint density at radius 1 is 1.00 bits per heavy atom. The molecule has 1 aliphatic rings. The van der Waals surface area contributed by atoms with Gasteiger partial charge in [0.25, 0.3) is 0 Å². The number of carbonyl (C=O) groups is 1. The van der Waals surface area contributed by atoms with Gasteiger partial charge in [-0.2, -0.15) is 0 Å². The summed E-state index contributed by atoms with van der Waals surface area (Å²) in [6, 6.07) is 7.54. The molecule has 1 aliphatic heterocycles. The van der Waals surface area contributed by atoms with Gasteiger partial charge in [0.05, 0.1) is 11.2 Å². The molecule has 5 heteroatoms. The Morgan fingerprint density at radius 3 is 1.91 bits per heavy atom. The van der Waals surface area contributed by atoms with Crippen LogP contribution in [0.15, 0.2) is 24.3 Å². The number of anilines is 1. The first-order valence-electron chi connectivity index (χ1n) is 8.44. The van der Waals surface area contributed by atoms with E-state index in [4.69, 9.17) is 9.31 Å². The monoisotopic (exact) mass is 321 g/mol. The van der Waals surface area contributed by atoms with Gasteiger partial charge < -0.3 is 14.6 Å². The van der Waals surface area contributed by atoms with E-state index >= 15 is 0 Å². The van der Waals surface area contributed by atoms with Crippen LogP contribution in [-0.2, 0) is 14.1 Å². The fourth-order valence-corrected chi connectivity index (χ4v) is 1.95. The van der Waals surface area contributed by atoms with E-state index < -0.39 is 7.12 Å². The average Bonchev–Trinajstić information content (AvgIpc) is 2.71. The van der Waals surface area contributed by atoms with Gasteiger partial charge in [-0.25, -0.2) is 0 Å². The number of nitrogens with one attached hydrogen (secondary N) is 1. The highest BCUT2D eigenvalue weighted by Gasteiger charge is 2.51. The molecular formula is C18H32BNO3. The number of hydrogen-bond acceptors (Lipinski definition) is 3. The minimum Gasteiger partial charge on any atom is -0.399 e. The van der Waals surface area contributed by atoms with Gasteiger partial charge >= 0.3 is 7.12 Å². The molecule has 1 N–H and O–H groups in total. The maximum atomic E-state index is 11.1. The van der Waals surface area contributed by atoms with Crippen molar-refractivity contribution >= 4 is 24.2 Å². The van der Waals surface area contributed by atoms with E-state index in [2.05, 4.69) is 5.32 Å². The Balaban J connectivity index is 0.00000112. The Hall–Kier alpha value is -1.33. The lowest BCUT2D eigenvalue weighted by molar-refractivity contribution is -0.114. The molecular weight excluding hydrogens is 289 g/mol. The van der Waals surface area contributed by atoms with Crippen LogP contribution in [0.4, 0.5) is 5.69 Å². The molecule has 1 amide bonds. The third-order valence-corrected chi connectivity index (χ3v) is 3.73. The van der Waals surface area contributed by atoms with Crippen molar-refractivity contribution in [2.75, 3.05) is 5.32 Å². The van der Waals surface area contributed by atoms with Gasteiger partial charge in [0.15, 0.2) is 0 Å². The summed E-state index contributed by atoms with van der Waals surface area (Å²) in [5.41, 5.74) is 0.938. The molecule has 2 rings (SSSR count). The highest BCUT2D eigenvalue weighted by molar-refractivity contribution is 6.62. The largest absolute Gasteiger partial charge is 0.494 e. The lowest BCUT2D eigenvalue weighted by Crippen LogP contribution is -2.41. The molecule has 1 aromatic rings. The lowest BCUT2D eigenvalue weighted by Gasteiger charge is -2.32. The van der Waals surface area contributed by atoms with E-state index in [1.54, 1.807) is 0 Å². The Kier molecular flexibility index (Phi) is 8.56. The summed E-state index contributed by atoms with van der Waals surface area (Å²) in [6.07, 6.45) is 0. The number of rotatable bonds is 2. The van der Waals surface area contributed by atoms with Gasteiger partial charge in [-0.1, -0.05) is 39.8 Å². The van der Waals surface area contributed by atoms with Gasteiger partial charge in [0.1, 0.15) is 0 Å². The van der Waals surface area contributed by atoms with E-state index in [1.807, 2.05) is 79.7 Å². The first kappa shape index (κ1) is 21.7. The molecule has 1 heterocycles. The quantitative estimate of drug-likeness (QED) is 0.838. The molecule has 0 spiro atoms. The number of carbonyl (C=O) groups excluding carboxylic acids is 1.